The van der Waals surface area contributed by atoms with E-state index in [0.29, 0.717) is 17.5 Å². The predicted molar refractivity (Wildman–Crippen MR) is 314 cm³/mol. The Balaban J connectivity index is 1.12. The van der Waals surface area contributed by atoms with Gasteiger partial charge in [-0.15, -0.1) is 0 Å². The Morgan fingerprint density at radius 1 is 0.440 bits per heavy atom. The van der Waals surface area contributed by atoms with E-state index in [-0.39, 0.29) is 0 Å². The lowest BCUT2D eigenvalue weighted by Crippen LogP contribution is -2.06. The summed E-state index contributed by atoms with van der Waals surface area (Å²) in [4.78, 5) is 15.6. The van der Waals surface area contributed by atoms with Crippen molar-refractivity contribution in [2.75, 3.05) is 0 Å². The van der Waals surface area contributed by atoms with Crippen LogP contribution in [0.5, 0.6) is 0 Å². The topological polar surface area (TPSA) is 53.5 Å². The lowest BCUT2D eigenvalue weighted by Gasteiger charge is -2.21. The van der Waals surface area contributed by atoms with Crippen LogP contribution in [0, 0.1) is 0 Å². The maximum Gasteiger partial charge on any atom is 0.164 e. The molecule has 1 aliphatic carbocycles. The highest BCUT2D eigenvalue weighted by Gasteiger charge is 2.28. The summed E-state index contributed by atoms with van der Waals surface area (Å²) in [5, 5.41) is 7.10. The summed E-state index contributed by atoms with van der Waals surface area (Å²) < 4.78 is 7.41. The number of benzene rings is 9. The number of fused-ring (bicyclic) bond motifs is 11. The van der Waals surface area contributed by atoms with E-state index < -0.39 is 0 Å². The van der Waals surface area contributed by atoms with E-state index in [1.165, 1.54) is 32.6 Å². The standard InChI is InChI=1S/C69H48N6/c1-3-24-45(4-2)56-43-49(69-71-67(47-27-12-6-13-28-47)70-68(72-69)48-29-14-7-15-30-48)44-57(46-25-10-5-11-26-46)64(56)75-59-38-23-21-36-55(59)63-61(75)42-40-53-52-39-41-60-62(65(52)74(66(53)63)51-33-18-9-19-34-51)54-35-20-22-37-58(54)73(60)50-31-16-8-17-32-50/h3-6,8-14,16-44H,1-2,7,15H2/b45-24+. The predicted octanol–water partition coefficient (Wildman–Crippen LogP) is 17.7. The average molecular weight is 961 g/mol. The highest BCUT2D eigenvalue weighted by molar-refractivity contribution is 6.31. The van der Waals surface area contributed by atoms with Crippen LogP contribution in [0.3, 0.4) is 0 Å². The lowest BCUT2D eigenvalue weighted by atomic mass is 9.92. The molecule has 6 nitrogen and oxygen atoms in total. The van der Waals surface area contributed by atoms with E-state index in [4.69, 9.17) is 15.0 Å². The van der Waals surface area contributed by atoms with Crippen molar-refractivity contribution in [1.29, 1.82) is 0 Å². The Kier molecular flexibility index (Phi) is 10.5. The molecule has 0 amide bonds. The van der Waals surface area contributed by atoms with E-state index in [0.717, 1.165) is 102 Å². The summed E-state index contributed by atoms with van der Waals surface area (Å²) in [6.07, 6.45) is 14.3. The van der Waals surface area contributed by atoms with Gasteiger partial charge in [-0.05, 0) is 84.6 Å². The number of para-hydroxylation sites is 4. The van der Waals surface area contributed by atoms with Crippen molar-refractivity contribution >= 4 is 76.6 Å². The van der Waals surface area contributed by atoms with Crippen LogP contribution in [0.4, 0.5) is 0 Å². The molecule has 0 radical (unpaired) electrons. The molecule has 75 heavy (non-hydrogen) atoms. The lowest BCUT2D eigenvalue weighted by molar-refractivity contribution is 1.01. The second-order valence-electron chi connectivity index (χ2n) is 19.1. The SMILES string of the molecule is C=C/C=C(\C=C)c1cc(-c2nc(C3=CCCC=C3)nc(-c3ccccc3)n2)cc(-c2ccccc2)c1-n1c2ccccc2c2c1ccc1c3ccc4c(c5ccccc5n4-c4ccccc4)c3n(-c3ccccc3)c12. The molecule has 1 aliphatic rings. The first kappa shape index (κ1) is 43.8. The molecule has 0 N–H and O–H groups in total. The van der Waals surface area contributed by atoms with Crippen LogP contribution in [0.2, 0.25) is 0 Å². The van der Waals surface area contributed by atoms with Crippen LogP contribution in [-0.4, -0.2) is 28.7 Å². The van der Waals surface area contributed by atoms with E-state index in [1.54, 1.807) is 0 Å². The number of hydrogen-bond donors (Lipinski definition) is 0. The summed E-state index contributed by atoms with van der Waals surface area (Å²) in [6, 6.07) is 74.0. The molecule has 4 heterocycles. The molecule has 0 unspecified atom stereocenters. The number of aromatic nitrogens is 6. The quantitative estimate of drug-likeness (QED) is 0.128. The first-order valence-corrected chi connectivity index (χ1v) is 25.6. The molecule has 0 aliphatic heterocycles. The fourth-order valence-electron chi connectivity index (χ4n) is 11.6. The summed E-state index contributed by atoms with van der Waals surface area (Å²) in [6.45, 7) is 8.64. The van der Waals surface area contributed by atoms with Gasteiger partial charge >= 0.3 is 0 Å². The summed E-state index contributed by atoms with van der Waals surface area (Å²) in [7, 11) is 0. The molecule has 0 bridgehead atoms. The maximum absolute atomic E-state index is 5.29. The minimum atomic E-state index is 0.585. The van der Waals surface area contributed by atoms with Gasteiger partial charge in [0.05, 0.1) is 38.8 Å². The molecule has 14 rings (SSSR count). The Labute approximate surface area is 434 Å². The molecule has 0 fully saturated rings. The van der Waals surface area contributed by atoms with Crippen LogP contribution in [0.25, 0.3) is 128 Å². The molecular weight excluding hydrogens is 913 g/mol. The maximum atomic E-state index is 5.29. The van der Waals surface area contributed by atoms with Crippen molar-refractivity contribution in [3.63, 3.8) is 0 Å². The minimum Gasteiger partial charge on any atom is -0.309 e. The van der Waals surface area contributed by atoms with Crippen LogP contribution in [-0.2, 0) is 0 Å². The second-order valence-corrected chi connectivity index (χ2v) is 19.1. The van der Waals surface area contributed by atoms with Gasteiger partial charge in [-0.3, -0.25) is 0 Å². The van der Waals surface area contributed by atoms with Gasteiger partial charge in [0.1, 0.15) is 0 Å². The third kappa shape index (κ3) is 7.06. The molecule has 6 heteroatoms. The zero-order valence-corrected chi connectivity index (χ0v) is 41.1. The van der Waals surface area contributed by atoms with Gasteiger partial charge in [0, 0.05) is 71.5 Å². The Hall–Kier alpha value is -9.91. The van der Waals surface area contributed by atoms with Crippen LogP contribution in [0.15, 0.2) is 256 Å². The highest BCUT2D eigenvalue weighted by atomic mass is 15.1. The van der Waals surface area contributed by atoms with Crippen LogP contribution >= 0.6 is 0 Å². The number of rotatable bonds is 10. The van der Waals surface area contributed by atoms with Crippen molar-refractivity contribution < 1.29 is 0 Å². The highest BCUT2D eigenvalue weighted by Crippen LogP contribution is 2.48. The van der Waals surface area contributed by atoms with Gasteiger partial charge in [0.2, 0.25) is 0 Å². The van der Waals surface area contributed by atoms with Gasteiger partial charge < -0.3 is 13.7 Å². The first-order valence-electron chi connectivity index (χ1n) is 25.6. The van der Waals surface area contributed by atoms with Gasteiger partial charge in [0.25, 0.3) is 0 Å². The summed E-state index contributed by atoms with van der Waals surface area (Å²) >= 11 is 0. The smallest absolute Gasteiger partial charge is 0.164 e. The van der Waals surface area contributed by atoms with Gasteiger partial charge in [-0.2, -0.15) is 0 Å². The summed E-state index contributed by atoms with van der Waals surface area (Å²) in [5.41, 5.74) is 16.7. The fourth-order valence-corrected chi connectivity index (χ4v) is 11.6. The van der Waals surface area contributed by atoms with Gasteiger partial charge in [0.15, 0.2) is 17.5 Å². The molecule has 9 aromatic carbocycles. The Morgan fingerprint density at radius 2 is 0.960 bits per heavy atom. The fraction of sp³-hybridized carbons (Fsp3) is 0.0290. The molecule has 0 atom stereocenters. The number of allylic oxidation sites excluding steroid dienone is 8. The molecule has 354 valence electrons. The molecular formula is C69H48N6. The van der Waals surface area contributed by atoms with E-state index in [2.05, 4.69) is 233 Å². The zero-order chi connectivity index (χ0) is 50.0. The Bertz CT molecular complexity index is 4530. The van der Waals surface area contributed by atoms with Crippen molar-refractivity contribution in [1.82, 2.24) is 28.7 Å². The van der Waals surface area contributed by atoms with Crippen molar-refractivity contribution in [3.05, 3.63) is 267 Å². The molecule has 0 saturated heterocycles. The number of nitrogens with zero attached hydrogens (tertiary/aromatic N) is 6. The second kappa shape index (κ2) is 18.0. The van der Waals surface area contributed by atoms with Gasteiger partial charge in [-0.25, -0.2) is 15.0 Å². The van der Waals surface area contributed by atoms with Crippen LogP contribution < -0.4 is 0 Å². The van der Waals surface area contributed by atoms with Crippen molar-refractivity contribution in [3.8, 4) is 51.0 Å². The third-order valence-electron chi connectivity index (χ3n) is 14.8. The van der Waals surface area contributed by atoms with E-state index in [9.17, 15) is 0 Å². The molecule has 13 aromatic rings. The van der Waals surface area contributed by atoms with Crippen LogP contribution in [0.1, 0.15) is 24.2 Å². The van der Waals surface area contributed by atoms with Crippen molar-refractivity contribution in [2.24, 2.45) is 0 Å². The summed E-state index contributed by atoms with van der Waals surface area (Å²) in [5.74, 6) is 1.85. The number of hydrogen-bond acceptors (Lipinski definition) is 3. The van der Waals surface area contributed by atoms with E-state index >= 15 is 0 Å². The van der Waals surface area contributed by atoms with Crippen molar-refractivity contribution in [2.45, 2.75) is 12.8 Å². The zero-order valence-electron chi connectivity index (χ0n) is 41.1. The normalized spacial score (nSPS) is 12.9. The average Bonchev–Trinajstić information content (AvgIpc) is 4.22. The van der Waals surface area contributed by atoms with Gasteiger partial charge in [-0.1, -0.05) is 195 Å². The largest absolute Gasteiger partial charge is 0.309 e. The molecule has 0 spiro atoms. The third-order valence-corrected chi connectivity index (χ3v) is 14.8. The molecule has 4 aromatic heterocycles. The monoisotopic (exact) mass is 960 g/mol. The minimum absolute atomic E-state index is 0.585. The Morgan fingerprint density at radius 3 is 1.55 bits per heavy atom. The molecule has 0 saturated carbocycles. The van der Waals surface area contributed by atoms with E-state index in [1.807, 2.05) is 36.4 Å². The first-order chi connectivity index (χ1) is 37.2.